The number of hydrogen-bond acceptors (Lipinski definition) is 6. The molecule has 2 heterocycles. The van der Waals surface area contributed by atoms with E-state index in [9.17, 15) is 14.4 Å². The van der Waals surface area contributed by atoms with E-state index in [1.807, 2.05) is 45.0 Å². The van der Waals surface area contributed by atoms with Crippen LogP contribution in [0.1, 0.15) is 16.7 Å². The molecule has 1 N–H and O–H groups in total. The molecule has 29 heavy (non-hydrogen) atoms. The Hall–Kier alpha value is -3.55. The van der Waals surface area contributed by atoms with E-state index >= 15 is 0 Å². The number of anilines is 2. The summed E-state index contributed by atoms with van der Waals surface area (Å²) in [6, 6.07) is 11.0. The molecule has 0 radical (unpaired) electrons. The van der Waals surface area contributed by atoms with Gasteiger partial charge in [-0.15, -0.1) is 0 Å². The molecule has 148 valence electrons. The molecule has 0 aromatic heterocycles. The summed E-state index contributed by atoms with van der Waals surface area (Å²) in [5.74, 6) is -1.17. The highest BCUT2D eigenvalue weighted by atomic mass is 16.2. The highest BCUT2D eigenvalue weighted by molar-refractivity contribution is 6.25. The average molecular weight is 391 g/mol. The highest BCUT2D eigenvalue weighted by Gasteiger charge is 2.55. The molecular formula is C21H21N5O3. The first-order chi connectivity index (χ1) is 13.9. The zero-order valence-electron chi connectivity index (χ0n) is 16.4. The van der Waals surface area contributed by atoms with Crippen molar-refractivity contribution < 1.29 is 14.4 Å². The summed E-state index contributed by atoms with van der Waals surface area (Å²) in [4.78, 5) is 39.4. The van der Waals surface area contributed by atoms with Gasteiger partial charge in [0.05, 0.1) is 5.69 Å². The second-order valence-corrected chi connectivity index (χ2v) is 7.34. The van der Waals surface area contributed by atoms with Crippen LogP contribution in [-0.2, 0) is 14.4 Å². The molecule has 1 saturated heterocycles. The Bertz CT molecular complexity index is 1050. The molecule has 3 amide bonds. The molecule has 8 heteroatoms. The minimum Gasteiger partial charge on any atom is -0.324 e. The first-order valence-corrected chi connectivity index (χ1v) is 9.35. The molecule has 0 bridgehead atoms. The van der Waals surface area contributed by atoms with Crippen LogP contribution in [0, 0.1) is 20.8 Å². The molecule has 0 spiro atoms. The number of rotatable bonds is 4. The summed E-state index contributed by atoms with van der Waals surface area (Å²) in [6.07, 6.45) is 0. The summed E-state index contributed by atoms with van der Waals surface area (Å²) in [5, 5.41) is 12.0. The molecule has 0 saturated carbocycles. The van der Waals surface area contributed by atoms with Gasteiger partial charge in [-0.1, -0.05) is 29.5 Å². The maximum absolute atomic E-state index is 13.0. The van der Waals surface area contributed by atoms with Crippen molar-refractivity contribution in [3.05, 3.63) is 59.2 Å². The van der Waals surface area contributed by atoms with Crippen molar-refractivity contribution in [1.82, 2.24) is 5.01 Å². The van der Waals surface area contributed by atoms with Crippen LogP contribution in [0.2, 0.25) is 0 Å². The SMILES string of the molecule is Cc1ccc(N2C(=O)[C@@H]3[C@@H](N=NN3CC(=O)Nc3ccccc3C)C2=O)cc1C. The number of carbonyl (C=O) groups is 3. The normalized spacial score (nSPS) is 20.4. The Morgan fingerprint density at radius 2 is 1.76 bits per heavy atom. The quantitative estimate of drug-likeness (QED) is 0.811. The minimum absolute atomic E-state index is 0.168. The second-order valence-electron chi connectivity index (χ2n) is 7.34. The molecule has 8 nitrogen and oxygen atoms in total. The summed E-state index contributed by atoms with van der Waals surface area (Å²) in [7, 11) is 0. The number of aryl methyl sites for hydroxylation is 3. The van der Waals surface area contributed by atoms with Crippen LogP contribution in [0.15, 0.2) is 52.8 Å². The average Bonchev–Trinajstić information content (AvgIpc) is 3.20. The lowest BCUT2D eigenvalue weighted by Crippen LogP contribution is -2.43. The second kappa shape index (κ2) is 7.12. The fraction of sp³-hybridized carbons (Fsp3) is 0.286. The standard InChI is InChI=1S/C21H21N5O3/c1-12-8-9-15(10-14(12)3)26-20(28)18-19(21(26)29)25(24-23-18)11-17(27)22-16-7-5-4-6-13(16)2/h4-10,18-19H,11H2,1-3H3,(H,22,27)/t18-,19+/m1/s1. The zero-order valence-corrected chi connectivity index (χ0v) is 16.4. The van der Waals surface area contributed by atoms with E-state index in [-0.39, 0.29) is 12.5 Å². The highest BCUT2D eigenvalue weighted by Crippen LogP contribution is 2.32. The van der Waals surface area contributed by atoms with Crippen LogP contribution < -0.4 is 10.2 Å². The van der Waals surface area contributed by atoms with Gasteiger partial charge in [0.25, 0.3) is 11.8 Å². The van der Waals surface area contributed by atoms with Gasteiger partial charge in [0.2, 0.25) is 5.91 Å². The number of fused-ring (bicyclic) bond motifs is 1. The van der Waals surface area contributed by atoms with Gasteiger partial charge in [0, 0.05) is 5.69 Å². The van der Waals surface area contributed by atoms with E-state index in [2.05, 4.69) is 15.7 Å². The van der Waals surface area contributed by atoms with Gasteiger partial charge >= 0.3 is 0 Å². The summed E-state index contributed by atoms with van der Waals surface area (Å²) in [6.45, 7) is 5.61. The minimum atomic E-state index is -0.921. The van der Waals surface area contributed by atoms with Crippen molar-refractivity contribution in [2.24, 2.45) is 10.3 Å². The van der Waals surface area contributed by atoms with Gasteiger partial charge in [0.1, 0.15) is 6.54 Å². The number of para-hydroxylation sites is 1. The van der Waals surface area contributed by atoms with Gasteiger partial charge in [-0.2, -0.15) is 5.11 Å². The van der Waals surface area contributed by atoms with E-state index in [1.165, 1.54) is 5.01 Å². The third-order valence-corrected chi connectivity index (χ3v) is 5.33. The molecule has 2 atom stereocenters. The lowest BCUT2D eigenvalue weighted by Gasteiger charge is -2.20. The Labute approximate surface area is 168 Å². The van der Waals surface area contributed by atoms with Gasteiger partial charge in [-0.25, -0.2) is 4.90 Å². The van der Waals surface area contributed by atoms with Crippen molar-refractivity contribution in [1.29, 1.82) is 0 Å². The van der Waals surface area contributed by atoms with Gasteiger partial charge in [0.15, 0.2) is 12.1 Å². The molecule has 0 unspecified atom stereocenters. The van der Waals surface area contributed by atoms with Crippen molar-refractivity contribution in [2.45, 2.75) is 32.9 Å². The summed E-state index contributed by atoms with van der Waals surface area (Å²) in [5.41, 5.74) is 4.18. The third kappa shape index (κ3) is 3.26. The van der Waals surface area contributed by atoms with E-state index in [0.29, 0.717) is 11.4 Å². The number of nitrogens with one attached hydrogen (secondary N) is 1. The van der Waals surface area contributed by atoms with E-state index in [0.717, 1.165) is 21.6 Å². The predicted octanol–water partition coefficient (Wildman–Crippen LogP) is 2.54. The number of hydrogen-bond donors (Lipinski definition) is 1. The Morgan fingerprint density at radius 1 is 1.00 bits per heavy atom. The van der Waals surface area contributed by atoms with Crippen LogP contribution in [0.3, 0.4) is 0 Å². The van der Waals surface area contributed by atoms with E-state index in [4.69, 9.17) is 0 Å². The van der Waals surface area contributed by atoms with E-state index < -0.39 is 23.9 Å². The Kier molecular flexibility index (Phi) is 4.62. The van der Waals surface area contributed by atoms with E-state index in [1.54, 1.807) is 18.2 Å². The number of amides is 3. The number of carbonyl (C=O) groups excluding carboxylic acids is 3. The fourth-order valence-corrected chi connectivity index (χ4v) is 3.52. The smallest absolute Gasteiger partial charge is 0.263 e. The van der Waals surface area contributed by atoms with Crippen LogP contribution in [0.25, 0.3) is 0 Å². The van der Waals surface area contributed by atoms with Gasteiger partial charge < -0.3 is 5.32 Å². The van der Waals surface area contributed by atoms with Crippen molar-refractivity contribution in [2.75, 3.05) is 16.8 Å². The van der Waals surface area contributed by atoms with Crippen LogP contribution >= 0.6 is 0 Å². The van der Waals surface area contributed by atoms with Gasteiger partial charge in [-0.05, 0) is 55.7 Å². The van der Waals surface area contributed by atoms with Crippen molar-refractivity contribution >= 4 is 29.1 Å². The molecular weight excluding hydrogens is 370 g/mol. The number of imide groups is 1. The van der Waals surface area contributed by atoms with Gasteiger partial charge in [-0.3, -0.25) is 19.4 Å². The zero-order chi connectivity index (χ0) is 20.7. The predicted molar refractivity (Wildman–Crippen MR) is 107 cm³/mol. The number of benzene rings is 2. The monoisotopic (exact) mass is 391 g/mol. The fourth-order valence-electron chi connectivity index (χ4n) is 3.52. The van der Waals surface area contributed by atoms with Crippen LogP contribution in [0.5, 0.6) is 0 Å². The molecule has 2 aliphatic heterocycles. The first-order valence-electron chi connectivity index (χ1n) is 9.35. The third-order valence-electron chi connectivity index (χ3n) is 5.33. The lowest BCUT2D eigenvalue weighted by atomic mass is 10.1. The van der Waals surface area contributed by atoms with Crippen molar-refractivity contribution in [3.8, 4) is 0 Å². The Morgan fingerprint density at radius 3 is 2.48 bits per heavy atom. The number of nitrogens with zero attached hydrogens (tertiary/aromatic N) is 4. The Balaban J connectivity index is 1.51. The summed E-state index contributed by atoms with van der Waals surface area (Å²) < 4.78 is 0. The lowest BCUT2D eigenvalue weighted by molar-refractivity contribution is -0.123. The summed E-state index contributed by atoms with van der Waals surface area (Å²) >= 11 is 0. The molecule has 4 rings (SSSR count). The van der Waals surface area contributed by atoms with Crippen molar-refractivity contribution in [3.63, 3.8) is 0 Å². The van der Waals surface area contributed by atoms with Crippen LogP contribution in [-0.4, -0.2) is 41.4 Å². The topological polar surface area (TPSA) is 94.4 Å². The maximum atomic E-state index is 13.0. The maximum Gasteiger partial charge on any atom is 0.263 e. The van der Waals surface area contributed by atoms with Crippen LogP contribution in [0.4, 0.5) is 11.4 Å². The molecule has 2 aromatic rings. The molecule has 2 aromatic carbocycles. The largest absolute Gasteiger partial charge is 0.324 e. The molecule has 1 fully saturated rings. The molecule has 0 aliphatic carbocycles. The first kappa shape index (κ1) is 18.8. The molecule has 2 aliphatic rings.